The van der Waals surface area contributed by atoms with E-state index in [0.717, 1.165) is 22.5 Å². The van der Waals surface area contributed by atoms with E-state index in [4.69, 9.17) is 0 Å². The lowest BCUT2D eigenvalue weighted by atomic mass is 10.1. The monoisotopic (exact) mass is 463 g/mol. The minimum atomic E-state index is -0.492. The Morgan fingerprint density at radius 3 is 2.36 bits per heavy atom. The Kier molecular flexibility index (Phi) is 6.19. The summed E-state index contributed by atoms with van der Waals surface area (Å²) >= 11 is 1.20. The molecule has 33 heavy (non-hydrogen) atoms. The van der Waals surface area contributed by atoms with Crippen molar-refractivity contribution in [2.24, 2.45) is 7.05 Å². The molecule has 0 aliphatic rings. The Hall–Kier alpha value is -3.66. The highest BCUT2D eigenvalue weighted by molar-refractivity contribution is 8.00. The van der Waals surface area contributed by atoms with Gasteiger partial charge in [0.25, 0.3) is 5.56 Å². The number of anilines is 1. The summed E-state index contributed by atoms with van der Waals surface area (Å²) in [5.41, 5.74) is 4.32. The van der Waals surface area contributed by atoms with Gasteiger partial charge in [0.05, 0.1) is 16.6 Å². The van der Waals surface area contributed by atoms with Gasteiger partial charge in [-0.05, 0) is 61.4 Å². The normalized spacial score (nSPS) is 12.0. The van der Waals surface area contributed by atoms with Crippen molar-refractivity contribution in [1.29, 1.82) is 0 Å². The van der Waals surface area contributed by atoms with Gasteiger partial charge in [0.1, 0.15) is 0 Å². The van der Waals surface area contributed by atoms with Crippen LogP contribution in [0.1, 0.15) is 23.7 Å². The van der Waals surface area contributed by atoms with E-state index in [9.17, 15) is 9.59 Å². The summed E-state index contributed by atoms with van der Waals surface area (Å²) in [6.45, 7) is 7.53. The summed E-state index contributed by atoms with van der Waals surface area (Å²) in [6.07, 6.45) is 0. The Balaban J connectivity index is 1.63. The van der Waals surface area contributed by atoms with Crippen molar-refractivity contribution in [2.75, 3.05) is 5.32 Å². The van der Waals surface area contributed by atoms with E-state index >= 15 is 0 Å². The lowest BCUT2D eigenvalue weighted by molar-refractivity contribution is -0.115. The molecule has 9 nitrogen and oxygen atoms in total. The SMILES string of the molecule is Cc1cccc(C)c1NC(=O)C(C)Sc1nnnn1-c1c(C)n(C)n(-c2ccccc2)c1=O. The molecular formula is C23H25N7O2S. The fourth-order valence-corrected chi connectivity index (χ4v) is 4.43. The Labute approximate surface area is 195 Å². The van der Waals surface area contributed by atoms with Crippen LogP contribution in [0.3, 0.4) is 0 Å². The second-order valence-electron chi connectivity index (χ2n) is 7.80. The third kappa shape index (κ3) is 4.21. The average Bonchev–Trinajstić information content (AvgIpc) is 3.32. The van der Waals surface area contributed by atoms with Crippen LogP contribution in [-0.2, 0) is 11.8 Å². The Bertz CT molecular complexity index is 1350. The van der Waals surface area contributed by atoms with Crippen LogP contribution in [0.25, 0.3) is 11.4 Å². The van der Waals surface area contributed by atoms with Gasteiger partial charge in [0.15, 0.2) is 5.69 Å². The number of hydrogen-bond acceptors (Lipinski definition) is 6. The highest BCUT2D eigenvalue weighted by atomic mass is 32.2. The molecule has 4 rings (SSSR count). The van der Waals surface area contributed by atoms with Gasteiger partial charge < -0.3 is 5.32 Å². The number of aromatic nitrogens is 6. The first kappa shape index (κ1) is 22.5. The van der Waals surface area contributed by atoms with E-state index in [1.165, 1.54) is 16.4 Å². The Morgan fingerprint density at radius 2 is 1.70 bits per heavy atom. The van der Waals surface area contributed by atoms with Crippen LogP contribution >= 0.6 is 11.8 Å². The van der Waals surface area contributed by atoms with Crippen LogP contribution in [0, 0.1) is 20.8 Å². The molecule has 1 amide bonds. The van der Waals surface area contributed by atoms with Crippen LogP contribution in [-0.4, -0.2) is 40.7 Å². The van der Waals surface area contributed by atoms with Crippen LogP contribution in [0.5, 0.6) is 0 Å². The molecule has 0 saturated heterocycles. The van der Waals surface area contributed by atoms with E-state index in [-0.39, 0.29) is 11.5 Å². The number of carbonyl (C=O) groups excluding carboxylic acids is 1. The number of rotatable bonds is 6. The van der Waals surface area contributed by atoms with Crippen molar-refractivity contribution >= 4 is 23.4 Å². The maximum Gasteiger partial charge on any atom is 0.297 e. The molecule has 0 radical (unpaired) electrons. The zero-order chi connectivity index (χ0) is 23.7. The van der Waals surface area contributed by atoms with Crippen molar-refractivity contribution in [3.63, 3.8) is 0 Å². The third-order valence-corrected chi connectivity index (χ3v) is 6.59. The number of nitrogens with zero attached hydrogens (tertiary/aromatic N) is 6. The molecule has 0 spiro atoms. The molecule has 0 aliphatic heterocycles. The number of amides is 1. The number of aryl methyl sites for hydroxylation is 2. The second-order valence-corrected chi connectivity index (χ2v) is 9.11. The molecule has 1 atom stereocenters. The predicted octanol–water partition coefficient (Wildman–Crippen LogP) is 3.20. The van der Waals surface area contributed by atoms with E-state index in [1.54, 1.807) is 16.3 Å². The summed E-state index contributed by atoms with van der Waals surface area (Å²) in [4.78, 5) is 26.2. The standard InChI is InChI=1S/C23H25N7O2S/c1-14-10-9-11-15(2)19(14)24-21(31)17(4)33-23-25-26-27-29(23)20-16(3)28(5)30(22(20)32)18-12-7-6-8-13-18/h6-13,17H,1-5H3,(H,24,31). The summed E-state index contributed by atoms with van der Waals surface area (Å²) in [6, 6.07) is 15.2. The lowest BCUT2D eigenvalue weighted by Gasteiger charge is -2.15. The fourth-order valence-electron chi connectivity index (χ4n) is 3.64. The highest BCUT2D eigenvalue weighted by Crippen LogP contribution is 2.26. The number of benzene rings is 2. The largest absolute Gasteiger partial charge is 0.325 e. The van der Waals surface area contributed by atoms with Crippen LogP contribution in [0.4, 0.5) is 5.69 Å². The summed E-state index contributed by atoms with van der Waals surface area (Å²) in [5, 5.41) is 14.8. The number of nitrogens with one attached hydrogen (secondary N) is 1. The van der Waals surface area contributed by atoms with Gasteiger partial charge in [0.2, 0.25) is 11.1 Å². The molecule has 1 N–H and O–H groups in total. The van der Waals surface area contributed by atoms with E-state index in [1.807, 2.05) is 76.3 Å². The Morgan fingerprint density at radius 1 is 1.03 bits per heavy atom. The first-order chi connectivity index (χ1) is 15.8. The number of para-hydroxylation sites is 2. The second kappa shape index (κ2) is 9.07. The van der Waals surface area contributed by atoms with Gasteiger partial charge in [-0.1, -0.05) is 48.2 Å². The average molecular weight is 464 g/mol. The maximum atomic E-state index is 13.3. The maximum absolute atomic E-state index is 13.3. The zero-order valence-electron chi connectivity index (χ0n) is 19.1. The van der Waals surface area contributed by atoms with Gasteiger partial charge in [-0.2, -0.15) is 4.68 Å². The van der Waals surface area contributed by atoms with Gasteiger partial charge in [-0.25, -0.2) is 4.68 Å². The molecule has 2 heterocycles. The van der Waals surface area contributed by atoms with Crippen molar-refractivity contribution in [3.8, 4) is 11.4 Å². The van der Waals surface area contributed by atoms with E-state index in [2.05, 4.69) is 20.8 Å². The van der Waals surface area contributed by atoms with Gasteiger partial charge in [0, 0.05) is 12.7 Å². The lowest BCUT2D eigenvalue weighted by Crippen LogP contribution is -2.24. The number of thioether (sulfide) groups is 1. The summed E-state index contributed by atoms with van der Waals surface area (Å²) in [5.74, 6) is -0.168. The molecule has 170 valence electrons. The summed E-state index contributed by atoms with van der Waals surface area (Å²) in [7, 11) is 1.81. The molecule has 4 aromatic rings. The number of tetrazole rings is 1. The third-order valence-electron chi connectivity index (χ3n) is 5.56. The smallest absolute Gasteiger partial charge is 0.297 e. The molecule has 0 fully saturated rings. The van der Waals surface area contributed by atoms with Gasteiger partial charge in [-0.3, -0.25) is 14.3 Å². The van der Waals surface area contributed by atoms with Gasteiger partial charge >= 0.3 is 0 Å². The van der Waals surface area contributed by atoms with Crippen LogP contribution in [0.2, 0.25) is 0 Å². The number of hydrogen-bond donors (Lipinski definition) is 1. The molecule has 2 aromatic carbocycles. The van der Waals surface area contributed by atoms with E-state index < -0.39 is 5.25 Å². The van der Waals surface area contributed by atoms with Crippen molar-refractivity contribution in [1.82, 2.24) is 29.6 Å². The zero-order valence-corrected chi connectivity index (χ0v) is 19.9. The van der Waals surface area contributed by atoms with E-state index in [0.29, 0.717) is 16.5 Å². The minimum Gasteiger partial charge on any atom is -0.325 e. The molecule has 1 unspecified atom stereocenters. The highest BCUT2D eigenvalue weighted by Gasteiger charge is 2.25. The summed E-state index contributed by atoms with van der Waals surface area (Å²) < 4.78 is 4.74. The molecule has 0 aliphatic carbocycles. The molecule has 10 heteroatoms. The molecular weight excluding hydrogens is 438 g/mol. The van der Waals surface area contributed by atoms with Crippen LogP contribution in [0.15, 0.2) is 58.5 Å². The first-order valence-corrected chi connectivity index (χ1v) is 11.3. The first-order valence-electron chi connectivity index (χ1n) is 10.5. The van der Waals surface area contributed by atoms with Crippen LogP contribution < -0.4 is 10.9 Å². The molecule has 2 aromatic heterocycles. The topological polar surface area (TPSA) is 99.6 Å². The minimum absolute atomic E-state index is 0.168. The van der Waals surface area contributed by atoms with Crippen molar-refractivity contribution < 1.29 is 4.79 Å². The number of carbonyl (C=O) groups is 1. The van der Waals surface area contributed by atoms with Gasteiger partial charge in [-0.15, -0.1) is 5.10 Å². The fraction of sp³-hybridized carbons (Fsp3) is 0.261. The molecule has 0 saturated carbocycles. The quantitative estimate of drug-likeness (QED) is 0.441. The molecule has 0 bridgehead atoms. The van der Waals surface area contributed by atoms with Crippen molar-refractivity contribution in [2.45, 2.75) is 38.1 Å². The predicted molar refractivity (Wildman–Crippen MR) is 128 cm³/mol. The van der Waals surface area contributed by atoms with Crippen molar-refractivity contribution in [3.05, 3.63) is 75.7 Å².